The summed E-state index contributed by atoms with van der Waals surface area (Å²) in [7, 11) is 0. The molecule has 3 aromatic rings. The van der Waals surface area contributed by atoms with Gasteiger partial charge in [-0.2, -0.15) is 0 Å². The minimum absolute atomic E-state index is 0.109. The highest BCUT2D eigenvalue weighted by Gasteiger charge is 2.19. The second kappa shape index (κ2) is 11.2. The maximum Gasteiger partial charge on any atom is 0.273 e. The Balaban J connectivity index is 1.49. The van der Waals surface area contributed by atoms with E-state index in [1.807, 2.05) is 30.3 Å². The summed E-state index contributed by atoms with van der Waals surface area (Å²) in [6, 6.07) is 9.86. The van der Waals surface area contributed by atoms with Crippen molar-refractivity contribution in [1.29, 1.82) is 0 Å². The largest absolute Gasteiger partial charge is 0.379 e. The Morgan fingerprint density at radius 2 is 1.51 bits per heavy atom. The lowest BCUT2D eigenvalue weighted by Crippen LogP contribution is -2.40. The molecule has 1 aromatic carbocycles. The summed E-state index contributed by atoms with van der Waals surface area (Å²) < 4.78 is 12.7. The Kier molecular flexibility index (Phi) is 7.63. The zero-order valence-electron chi connectivity index (χ0n) is 20.3. The zero-order chi connectivity index (χ0) is 24.0. The van der Waals surface area contributed by atoms with Crippen molar-refractivity contribution < 1.29 is 9.47 Å². The number of morpholine rings is 2. The molecule has 186 valence electrons. The van der Waals surface area contributed by atoms with Crippen LogP contribution in [0.1, 0.15) is 5.69 Å². The first kappa shape index (κ1) is 23.8. The van der Waals surface area contributed by atoms with Crippen molar-refractivity contribution in [3.8, 4) is 11.4 Å². The monoisotopic (exact) mass is 479 g/mol. The Morgan fingerprint density at radius 1 is 0.857 bits per heavy atom. The molecule has 0 saturated carbocycles. The van der Waals surface area contributed by atoms with Crippen LogP contribution in [0.4, 0.5) is 5.82 Å². The molecule has 10 nitrogen and oxygen atoms in total. The number of benzene rings is 1. The van der Waals surface area contributed by atoms with Gasteiger partial charge in [0.25, 0.3) is 5.56 Å². The first-order valence-corrected chi connectivity index (χ1v) is 12.4. The zero-order valence-corrected chi connectivity index (χ0v) is 20.3. The SMILES string of the molecule is Cc1nc2c(NCCN3CCOCC3)nc(-c3ccccc3)nc2n(CCN2CCOCC2)c1=O. The van der Waals surface area contributed by atoms with E-state index in [1.54, 1.807) is 11.5 Å². The highest BCUT2D eigenvalue weighted by atomic mass is 16.5. The van der Waals surface area contributed by atoms with Crippen molar-refractivity contribution in [3.63, 3.8) is 0 Å². The number of aromatic nitrogens is 4. The molecule has 2 aliphatic rings. The van der Waals surface area contributed by atoms with Crippen molar-refractivity contribution in [3.05, 3.63) is 46.4 Å². The molecule has 4 heterocycles. The van der Waals surface area contributed by atoms with Gasteiger partial charge in [0.2, 0.25) is 0 Å². The van der Waals surface area contributed by atoms with E-state index < -0.39 is 0 Å². The molecule has 5 rings (SSSR count). The fourth-order valence-electron chi connectivity index (χ4n) is 4.51. The van der Waals surface area contributed by atoms with Gasteiger partial charge in [-0.25, -0.2) is 15.0 Å². The molecule has 2 fully saturated rings. The van der Waals surface area contributed by atoms with E-state index >= 15 is 0 Å². The van der Waals surface area contributed by atoms with Crippen molar-refractivity contribution in [1.82, 2.24) is 29.3 Å². The molecule has 0 bridgehead atoms. The van der Waals surface area contributed by atoms with E-state index in [1.165, 1.54) is 0 Å². The lowest BCUT2D eigenvalue weighted by molar-refractivity contribution is 0.0364. The molecule has 0 spiro atoms. The number of hydrogen-bond acceptors (Lipinski definition) is 9. The van der Waals surface area contributed by atoms with Crippen LogP contribution in [-0.4, -0.2) is 102 Å². The molecule has 10 heteroatoms. The third-order valence-corrected chi connectivity index (χ3v) is 6.56. The van der Waals surface area contributed by atoms with E-state index in [4.69, 9.17) is 19.4 Å². The predicted molar refractivity (Wildman–Crippen MR) is 135 cm³/mol. The van der Waals surface area contributed by atoms with Crippen LogP contribution in [0.25, 0.3) is 22.6 Å². The first-order valence-electron chi connectivity index (χ1n) is 12.4. The number of nitrogens with zero attached hydrogens (tertiary/aromatic N) is 6. The van der Waals surface area contributed by atoms with Crippen LogP contribution in [0, 0.1) is 6.92 Å². The number of fused-ring (bicyclic) bond motifs is 1. The van der Waals surface area contributed by atoms with Gasteiger partial charge in [-0.3, -0.25) is 19.2 Å². The summed E-state index contributed by atoms with van der Waals surface area (Å²) in [5, 5.41) is 3.49. The highest BCUT2D eigenvalue weighted by molar-refractivity contribution is 5.84. The standard InChI is InChI=1S/C25H33N7O3/c1-19-25(33)32(10-9-31-13-17-35-18-14-31)24-21(27-19)23(26-7-8-30-11-15-34-16-12-30)28-22(29-24)20-5-3-2-4-6-20/h2-6H,7-18H2,1H3,(H,26,28,29). The maximum absolute atomic E-state index is 13.2. The van der Waals surface area contributed by atoms with Crippen LogP contribution < -0.4 is 10.9 Å². The topological polar surface area (TPSA) is 97.6 Å². The molecule has 1 N–H and O–H groups in total. The van der Waals surface area contributed by atoms with Gasteiger partial charge in [0.15, 0.2) is 17.3 Å². The van der Waals surface area contributed by atoms with Crippen LogP contribution in [-0.2, 0) is 16.0 Å². The number of anilines is 1. The maximum atomic E-state index is 13.2. The molecule has 0 aliphatic carbocycles. The summed E-state index contributed by atoms with van der Waals surface area (Å²) >= 11 is 0. The smallest absolute Gasteiger partial charge is 0.273 e. The van der Waals surface area contributed by atoms with Gasteiger partial charge in [-0.1, -0.05) is 30.3 Å². The molecule has 2 saturated heterocycles. The molecule has 0 amide bonds. The third-order valence-electron chi connectivity index (χ3n) is 6.56. The Morgan fingerprint density at radius 3 is 2.20 bits per heavy atom. The minimum atomic E-state index is -0.109. The Bertz CT molecular complexity index is 1190. The van der Waals surface area contributed by atoms with Crippen LogP contribution in [0.15, 0.2) is 35.1 Å². The number of rotatable bonds is 8. The molecule has 2 aliphatic heterocycles. The number of nitrogens with one attached hydrogen (secondary N) is 1. The van der Waals surface area contributed by atoms with Crippen molar-refractivity contribution in [2.75, 3.05) is 77.6 Å². The number of aryl methyl sites for hydroxylation is 1. The molecule has 0 atom stereocenters. The first-order chi connectivity index (χ1) is 17.2. The van der Waals surface area contributed by atoms with Crippen molar-refractivity contribution >= 4 is 17.0 Å². The molecular formula is C25H33N7O3. The summed E-state index contributed by atoms with van der Waals surface area (Å²) in [4.78, 5) is 32.2. The van der Waals surface area contributed by atoms with Crippen LogP contribution >= 0.6 is 0 Å². The van der Waals surface area contributed by atoms with Gasteiger partial charge in [0.05, 0.1) is 26.4 Å². The summed E-state index contributed by atoms with van der Waals surface area (Å²) in [5.74, 6) is 1.24. The van der Waals surface area contributed by atoms with Crippen LogP contribution in [0.5, 0.6) is 0 Å². The van der Waals surface area contributed by atoms with Gasteiger partial charge >= 0.3 is 0 Å². The van der Waals surface area contributed by atoms with Gasteiger partial charge in [-0.15, -0.1) is 0 Å². The minimum Gasteiger partial charge on any atom is -0.379 e. The fraction of sp³-hybridized carbons (Fsp3) is 0.520. The number of ether oxygens (including phenoxy) is 2. The van der Waals surface area contributed by atoms with Gasteiger partial charge in [0.1, 0.15) is 11.2 Å². The van der Waals surface area contributed by atoms with E-state index in [0.717, 1.165) is 71.3 Å². The van der Waals surface area contributed by atoms with Crippen molar-refractivity contribution in [2.45, 2.75) is 13.5 Å². The quantitative estimate of drug-likeness (QED) is 0.512. The molecule has 35 heavy (non-hydrogen) atoms. The Hall–Kier alpha value is -2.92. The molecule has 0 unspecified atom stereocenters. The van der Waals surface area contributed by atoms with E-state index in [2.05, 4.69) is 20.1 Å². The number of hydrogen-bond donors (Lipinski definition) is 1. The van der Waals surface area contributed by atoms with Gasteiger partial charge in [0, 0.05) is 57.9 Å². The lowest BCUT2D eigenvalue weighted by Gasteiger charge is -2.27. The normalized spacial score (nSPS) is 17.6. The van der Waals surface area contributed by atoms with Crippen LogP contribution in [0.2, 0.25) is 0 Å². The second-order valence-corrected chi connectivity index (χ2v) is 8.92. The van der Waals surface area contributed by atoms with E-state index in [0.29, 0.717) is 41.6 Å². The molecule has 2 aromatic heterocycles. The third kappa shape index (κ3) is 5.67. The van der Waals surface area contributed by atoms with Gasteiger partial charge < -0.3 is 14.8 Å². The average molecular weight is 480 g/mol. The van der Waals surface area contributed by atoms with E-state index in [-0.39, 0.29) is 5.56 Å². The molecule has 0 radical (unpaired) electrons. The van der Waals surface area contributed by atoms with Crippen molar-refractivity contribution in [2.24, 2.45) is 0 Å². The average Bonchev–Trinajstić information content (AvgIpc) is 2.91. The highest BCUT2D eigenvalue weighted by Crippen LogP contribution is 2.23. The Labute approximate surface area is 204 Å². The van der Waals surface area contributed by atoms with Crippen LogP contribution in [0.3, 0.4) is 0 Å². The summed E-state index contributed by atoms with van der Waals surface area (Å²) in [5.41, 5.74) is 2.44. The summed E-state index contributed by atoms with van der Waals surface area (Å²) in [6.07, 6.45) is 0. The lowest BCUT2D eigenvalue weighted by atomic mass is 10.2. The fourth-order valence-corrected chi connectivity index (χ4v) is 4.51. The van der Waals surface area contributed by atoms with Gasteiger partial charge in [-0.05, 0) is 6.92 Å². The van der Waals surface area contributed by atoms with E-state index in [9.17, 15) is 4.79 Å². The molecular weight excluding hydrogens is 446 g/mol. The second-order valence-electron chi connectivity index (χ2n) is 8.92. The summed E-state index contributed by atoms with van der Waals surface area (Å²) in [6.45, 7) is 11.2. The predicted octanol–water partition coefficient (Wildman–Crippen LogP) is 1.24.